The van der Waals surface area contributed by atoms with Crippen molar-refractivity contribution in [2.24, 2.45) is 0 Å². The maximum absolute atomic E-state index is 6.47. The van der Waals surface area contributed by atoms with Crippen LogP contribution in [0.5, 0.6) is 0 Å². The van der Waals surface area contributed by atoms with Gasteiger partial charge < -0.3 is 0 Å². The van der Waals surface area contributed by atoms with Gasteiger partial charge in [-0.25, -0.2) is 0 Å². The third-order valence-electron chi connectivity index (χ3n) is 0. The van der Waals surface area contributed by atoms with Gasteiger partial charge in [0.2, 0.25) is 0 Å². The number of hydrogen-bond acceptors (Lipinski definition) is 2. The fraction of sp³-hybridized carbons (Fsp3) is 0. The Labute approximate surface area is 98.4 Å². The van der Waals surface area contributed by atoms with Crippen molar-refractivity contribution in [3.05, 3.63) is 0 Å². The zero-order chi connectivity index (χ0) is 4.00. The zero-order valence-corrected chi connectivity index (χ0v) is 3.16. The first-order chi connectivity index (χ1) is 2.00. The first kappa shape index (κ1) is 23.3. The second-order valence-electron chi connectivity index (χ2n) is 0. The van der Waals surface area contributed by atoms with E-state index in [1.54, 1.807) is 0 Å². The van der Waals surface area contributed by atoms with E-state index in [-0.39, 0.29) is 67.3 Å². The van der Waals surface area contributed by atoms with E-state index < -0.39 is 0 Å². The van der Waals surface area contributed by atoms with Gasteiger partial charge in [0.15, 0.2) is 0 Å². The number of halogens is 2. The van der Waals surface area contributed by atoms with Crippen molar-refractivity contribution in [2.75, 3.05) is 0 Å². The molecule has 0 amide bonds. The van der Waals surface area contributed by atoms with Crippen LogP contribution in [-0.2, 0) is 0 Å². The van der Waals surface area contributed by atoms with Gasteiger partial charge in [0.1, 0.15) is 0 Å². The van der Waals surface area contributed by atoms with Crippen LogP contribution in [0.1, 0.15) is 0 Å². The molecule has 0 aromatic heterocycles. The second-order valence-corrected chi connectivity index (χ2v) is 0. The summed E-state index contributed by atoms with van der Waals surface area (Å²) in [5.41, 5.74) is 0. The molecule has 0 aromatic rings. The Morgan fingerprint density at radius 3 is 0.833 bits per heavy atom. The average molecular weight is 171 g/mol. The summed E-state index contributed by atoms with van der Waals surface area (Å²) in [6.07, 6.45) is 0. The van der Waals surface area contributed by atoms with Crippen LogP contribution < -0.4 is 0 Å². The summed E-state index contributed by atoms with van der Waals surface area (Å²) in [4.78, 5) is 0. The maximum atomic E-state index is 6.47. The molecule has 0 aromatic carbocycles. The van der Waals surface area contributed by atoms with Gasteiger partial charge in [-0.05, 0) is 0 Å². The monoisotopic (exact) mass is 170 g/mol. The molecule has 0 bridgehead atoms. The molecule has 0 unspecified atom stereocenters. The first-order valence-electron chi connectivity index (χ1n) is 0.338. The Morgan fingerprint density at radius 2 is 0.833 bits per heavy atom. The quantitative estimate of drug-likeness (QED) is 0.445. The van der Waals surface area contributed by atoms with Crippen LogP contribution in [0.25, 0.3) is 0 Å². The van der Waals surface area contributed by atoms with E-state index in [9.17, 15) is 0 Å². The molecule has 0 fully saturated rings. The van der Waals surface area contributed by atoms with Gasteiger partial charge in [0.05, 0.1) is 23.7 Å². The minimum absolute atomic E-state index is 0. The summed E-state index contributed by atoms with van der Waals surface area (Å²) in [5, 5.41) is 0. The standard InChI is InChI=1S/Ca.2ClHO.Na.3H/c;2*1-2;;;;/h;2*2H;;;;. The fourth-order valence-corrected chi connectivity index (χ4v) is 0. The molecule has 34 valence electrons. The second kappa shape index (κ2) is 46.6. The molecule has 0 saturated heterocycles. The number of hydrogen-bond donors (Lipinski definition) is 2. The zero-order valence-electron chi connectivity index (χ0n) is 1.65. The molecule has 6 heteroatoms. The van der Waals surface area contributed by atoms with E-state index in [0.29, 0.717) is 0 Å². The Kier molecular flexibility index (Phi) is 181. The molecule has 0 heterocycles. The molecule has 0 aliphatic rings. The Balaban J connectivity index is -0.00000000500. The van der Waals surface area contributed by atoms with Crippen LogP contribution in [0.4, 0.5) is 0 Å². The molecular formula is H5CaCl2NaO2. The van der Waals surface area contributed by atoms with Crippen LogP contribution >= 0.6 is 23.7 Å². The summed E-state index contributed by atoms with van der Waals surface area (Å²) in [5.74, 6) is 0. The summed E-state index contributed by atoms with van der Waals surface area (Å²) in [7, 11) is 0. The van der Waals surface area contributed by atoms with E-state index in [0.717, 1.165) is 0 Å². The van der Waals surface area contributed by atoms with Crippen molar-refractivity contribution in [2.45, 2.75) is 0 Å². The molecule has 0 aliphatic carbocycles. The van der Waals surface area contributed by atoms with Crippen molar-refractivity contribution in [3.8, 4) is 0 Å². The van der Waals surface area contributed by atoms with Crippen LogP contribution in [0, 0.1) is 0 Å². The van der Waals surface area contributed by atoms with Gasteiger partial charge in [-0.1, -0.05) is 0 Å². The van der Waals surface area contributed by atoms with E-state index >= 15 is 0 Å². The summed E-state index contributed by atoms with van der Waals surface area (Å²) < 4.78 is 12.9. The van der Waals surface area contributed by atoms with Crippen molar-refractivity contribution in [1.29, 1.82) is 0 Å². The van der Waals surface area contributed by atoms with E-state index in [2.05, 4.69) is 23.7 Å². The molecule has 0 spiro atoms. The Morgan fingerprint density at radius 1 is 0.833 bits per heavy atom. The summed E-state index contributed by atoms with van der Waals surface area (Å²) in [6, 6.07) is 0. The Hall–Kier alpha value is 2.76. The predicted molar refractivity (Wildman–Crippen MR) is 31.8 cm³/mol. The third kappa shape index (κ3) is 29.4. The summed E-state index contributed by atoms with van der Waals surface area (Å²) in [6.45, 7) is 0. The van der Waals surface area contributed by atoms with Gasteiger partial charge >= 0.3 is 67.3 Å². The van der Waals surface area contributed by atoms with Gasteiger partial charge in [0.25, 0.3) is 0 Å². The average Bonchev–Trinajstić information content (AvgIpc) is 1.50. The minimum atomic E-state index is 0. The molecule has 0 radical (unpaired) electrons. The molecule has 0 rings (SSSR count). The molecule has 0 atom stereocenters. The van der Waals surface area contributed by atoms with E-state index in [4.69, 9.17) is 9.32 Å². The molecule has 2 N–H and O–H groups in total. The van der Waals surface area contributed by atoms with Gasteiger partial charge in [-0.2, -0.15) is 0 Å². The number of rotatable bonds is 0. The van der Waals surface area contributed by atoms with Crippen molar-refractivity contribution < 1.29 is 9.32 Å². The van der Waals surface area contributed by atoms with Gasteiger partial charge in [-0.3, -0.25) is 9.32 Å². The van der Waals surface area contributed by atoms with Gasteiger partial charge in [0, 0.05) is 0 Å². The van der Waals surface area contributed by atoms with Crippen LogP contribution in [0.3, 0.4) is 0 Å². The summed E-state index contributed by atoms with van der Waals surface area (Å²) >= 11 is 7.28. The van der Waals surface area contributed by atoms with Crippen molar-refractivity contribution in [3.63, 3.8) is 0 Å². The first-order valence-corrected chi connectivity index (χ1v) is 1.01. The topological polar surface area (TPSA) is 40.5 Å². The molecular weight excluding hydrogens is 166 g/mol. The fourth-order valence-electron chi connectivity index (χ4n) is 0. The Bertz CT molecular complexity index is 11.5. The molecule has 2 nitrogen and oxygen atoms in total. The van der Waals surface area contributed by atoms with E-state index in [1.807, 2.05) is 0 Å². The van der Waals surface area contributed by atoms with Crippen molar-refractivity contribution >= 4 is 91.0 Å². The van der Waals surface area contributed by atoms with Crippen LogP contribution in [-0.4, -0.2) is 76.6 Å². The van der Waals surface area contributed by atoms with Crippen LogP contribution in [0.15, 0.2) is 0 Å². The molecule has 6 heavy (non-hydrogen) atoms. The normalized spacial score (nSPS) is 2.00. The van der Waals surface area contributed by atoms with Crippen LogP contribution in [0.2, 0.25) is 0 Å². The third-order valence-corrected chi connectivity index (χ3v) is 0. The SMILES string of the molecule is OCl.OCl.[CaH2].[NaH]. The molecule has 0 saturated carbocycles. The molecule has 0 aliphatic heterocycles. The predicted octanol–water partition coefficient (Wildman–Crippen LogP) is -1.30. The van der Waals surface area contributed by atoms with Gasteiger partial charge in [-0.15, -0.1) is 0 Å². The van der Waals surface area contributed by atoms with Crippen molar-refractivity contribution in [1.82, 2.24) is 0 Å². The van der Waals surface area contributed by atoms with E-state index in [1.165, 1.54) is 0 Å².